The molecule has 1 rings (SSSR count). The van der Waals surface area contributed by atoms with E-state index in [0.29, 0.717) is 0 Å². The highest BCUT2D eigenvalue weighted by atomic mass is 15.5. The Balaban J connectivity index is 0.000000280. The number of hydrogen-bond acceptors (Lipinski definition) is 3. The third kappa shape index (κ3) is 4.32. The van der Waals surface area contributed by atoms with Gasteiger partial charge in [0.2, 0.25) is 0 Å². The SMILES string of the molecule is CC[N+](CC)(CC)CC.c1nnn[nH]1. The molecule has 82 valence electrons. The molecule has 0 aliphatic carbocycles. The molecule has 0 unspecified atom stereocenters. The molecule has 0 spiro atoms. The summed E-state index contributed by atoms with van der Waals surface area (Å²) in [7, 11) is 0. The average molecular weight is 200 g/mol. The maximum absolute atomic E-state index is 3.31. The molecule has 1 heterocycles. The molecule has 0 aliphatic heterocycles. The Labute approximate surface area is 86.1 Å². The molecule has 0 atom stereocenters. The lowest BCUT2D eigenvalue weighted by Crippen LogP contribution is -2.47. The van der Waals surface area contributed by atoms with Crippen molar-refractivity contribution in [1.29, 1.82) is 0 Å². The molecule has 0 amide bonds. The summed E-state index contributed by atoms with van der Waals surface area (Å²) >= 11 is 0. The second-order valence-electron chi connectivity index (χ2n) is 3.17. The Kier molecular flexibility index (Phi) is 6.92. The van der Waals surface area contributed by atoms with Crippen LogP contribution in [0.5, 0.6) is 0 Å². The zero-order chi connectivity index (χ0) is 10.9. The molecule has 0 aliphatic rings. The van der Waals surface area contributed by atoms with E-state index in [2.05, 4.69) is 48.3 Å². The Morgan fingerprint density at radius 2 is 1.50 bits per heavy atom. The van der Waals surface area contributed by atoms with Gasteiger partial charge in [0.25, 0.3) is 0 Å². The highest BCUT2D eigenvalue weighted by molar-refractivity contribution is 4.31. The Morgan fingerprint density at radius 1 is 1.00 bits per heavy atom. The highest BCUT2D eigenvalue weighted by Crippen LogP contribution is 2.03. The lowest BCUT2D eigenvalue weighted by Gasteiger charge is -2.34. The van der Waals surface area contributed by atoms with E-state index in [1.165, 1.54) is 37.0 Å². The van der Waals surface area contributed by atoms with Crippen LogP contribution in [0.4, 0.5) is 0 Å². The molecule has 1 N–H and O–H groups in total. The quantitative estimate of drug-likeness (QED) is 0.740. The number of aromatic amines is 1. The monoisotopic (exact) mass is 200 g/mol. The number of nitrogens with zero attached hydrogens (tertiary/aromatic N) is 4. The van der Waals surface area contributed by atoms with Gasteiger partial charge in [-0.1, -0.05) is 0 Å². The maximum atomic E-state index is 3.31. The van der Waals surface area contributed by atoms with Crippen LogP contribution in [0.1, 0.15) is 27.7 Å². The van der Waals surface area contributed by atoms with Gasteiger partial charge < -0.3 is 4.48 Å². The smallest absolute Gasteiger partial charge is 0.135 e. The van der Waals surface area contributed by atoms with Crippen molar-refractivity contribution < 1.29 is 4.48 Å². The summed E-state index contributed by atoms with van der Waals surface area (Å²) in [5.74, 6) is 0. The molecule has 0 saturated carbocycles. The summed E-state index contributed by atoms with van der Waals surface area (Å²) in [6.07, 6.45) is 1.40. The average Bonchev–Trinajstić information content (AvgIpc) is 2.80. The zero-order valence-corrected chi connectivity index (χ0v) is 9.69. The number of H-pyrrole nitrogens is 1. The lowest BCUT2D eigenvalue weighted by molar-refractivity contribution is -0.921. The number of quaternary nitrogens is 1. The first-order valence-electron chi connectivity index (χ1n) is 5.26. The van der Waals surface area contributed by atoms with Crippen molar-refractivity contribution in [3.8, 4) is 0 Å². The van der Waals surface area contributed by atoms with Gasteiger partial charge in [-0.2, -0.15) is 0 Å². The van der Waals surface area contributed by atoms with Crippen molar-refractivity contribution in [2.24, 2.45) is 0 Å². The van der Waals surface area contributed by atoms with E-state index in [9.17, 15) is 0 Å². The van der Waals surface area contributed by atoms with Crippen LogP contribution in [0, 0.1) is 0 Å². The summed E-state index contributed by atoms with van der Waals surface area (Å²) in [6, 6.07) is 0. The zero-order valence-electron chi connectivity index (χ0n) is 9.69. The van der Waals surface area contributed by atoms with Gasteiger partial charge in [0, 0.05) is 0 Å². The van der Waals surface area contributed by atoms with E-state index in [1.54, 1.807) is 0 Å². The van der Waals surface area contributed by atoms with Crippen LogP contribution in [-0.4, -0.2) is 51.3 Å². The molecular formula is C9H22N5+. The molecule has 5 nitrogen and oxygen atoms in total. The van der Waals surface area contributed by atoms with Gasteiger partial charge in [-0.05, 0) is 38.1 Å². The van der Waals surface area contributed by atoms with Gasteiger partial charge in [-0.15, -0.1) is 5.10 Å². The summed E-state index contributed by atoms with van der Waals surface area (Å²) < 4.78 is 1.28. The van der Waals surface area contributed by atoms with E-state index in [0.717, 1.165) is 0 Å². The standard InChI is InChI=1S/C8H20N.CH2N4/c1-5-9(6-2,7-3)8-4;1-2-4-5-3-1/h5-8H2,1-4H3;1H,(H,2,3,4,5)/q+1;. The molecule has 0 fully saturated rings. The minimum atomic E-state index is 1.28. The molecule has 0 saturated heterocycles. The van der Waals surface area contributed by atoms with Crippen molar-refractivity contribution in [1.82, 2.24) is 20.6 Å². The van der Waals surface area contributed by atoms with Gasteiger partial charge in [0.1, 0.15) is 6.33 Å². The number of hydrogen-bond donors (Lipinski definition) is 1. The van der Waals surface area contributed by atoms with Crippen molar-refractivity contribution in [3.63, 3.8) is 0 Å². The van der Waals surface area contributed by atoms with Crippen LogP contribution >= 0.6 is 0 Å². The van der Waals surface area contributed by atoms with Crippen molar-refractivity contribution in [3.05, 3.63) is 6.33 Å². The fourth-order valence-corrected chi connectivity index (χ4v) is 1.47. The van der Waals surface area contributed by atoms with Crippen LogP contribution in [-0.2, 0) is 0 Å². The first-order valence-corrected chi connectivity index (χ1v) is 5.26. The van der Waals surface area contributed by atoms with Crippen LogP contribution in [0.3, 0.4) is 0 Å². The summed E-state index contributed by atoms with van der Waals surface area (Å²) in [6.45, 7) is 14.2. The minimum Gasteiger partial charge on any atom is -0.325 e. The first-order chi connectivity index (χ1) is 6.74. The van der Waals surface area contributed by atoms with Crippen LogP contribution in [0.25, 0.3) is 0 Å². The van der Waals surface area contributed by atoms with Gasteiger partial charge in [-0.25, -0.2) is 5.10 Å². The Morgan fingerprint density at radius 3 is 1.57 bits per heavy atom. The van der Waals surface area contributed by atoms with E-state index < -0.39 is 0 Å². The van der Waals surface area contributed by atoms with E-state index in [1.807, 2.05) is 0 Å². The summed E-state index contributed by atoms with van der Waals surface area (Å²) in [5.41, 5.74) is 0. The summed E-state index contributed by atoms with van der Waals surface area (Å²) in [4.78, 5) is 0. The fourth-order valence-electron chi connectivity index (χ4n) is 1.47. The van der Waals surface area contributed by atoms with E-state index in [-0.39, 0.29) is 0 Å². The normalized spacial score (nSPS) is 10.6. The second-order valence-corrected chi connectivity index (χ2v) is 3.17. The predicted octanol–water partition coefficient (Wildman–Crippen LogP) is 1.08. The molecule has 1 aromatic rings. The first kappa shape index (κ1) is 13.0. The second kappa shape index (κ2) is 7.44. The van der Waals surface area contributed by atoms with Gasteiger partial charge >= 0.3 is 0 Å². The van der Waals surface area contributed by atoms with Crippen LogP contribution < -0.4 is 0 Å². The third-order valence-electron chi connectivity index (χ3n) is 2.95. The molecule has 1 aromatic heterocycles. The molecule has 14 heavy (non-hydrogen) atoms. The molecular weight excluding hydrogens is 178 g/mol. The summed E-state index contributed by atoms with van der Waals surface area (Å²) in [5, 5.41) is 12.1. The third-order valence-corrected chi connectivity index (χ3v) is 2.95. The number of aromatic nitrogens is 4. The molecule has 0 aromatic carbocycles. The van der Waals surface area contributed by atoms with Crippen LogP contribution in [0.15, 0.2) is 6.33 Å². The van der Waals surface area contributed by atoms with Gasteiger partial charge in [0.05, 0.1) is 26.2 Å². The largest absolute Gasteiger partial charge is 0.325 e. The van der Waals surface area contributed by atoms with Crippen molar-refractivity contribution >= 4 is 0 Å². The molecule has 0 bridgehead atoms. The minimum absolute atomic E-state index is 1.28. The number of nitrogens with one attached hydrogen (secondary N) is 1. The lowest BCUT2D eigenvalue weighted by atomic mass is 10.3. The Bertz CT molecular complexity index is 158. The molecule has 5 heteroatoms. The van der Waals surface area contributed by atoms with Crippen molar-refractivity contribution in [2.45, 2.75) is 27.7 Å². The van der Waals surface area contributed by atoms with E-state index in [4.69, 9.17) is 0 Å². The topological polar surface area (TPSA) is 54.5 Å². The van der Waals surface area contributed by atoms with Gasteiger partial charge in [0.15, 0.2) is 0 Å². The van der Waals surface area contributed by atoms with E-state index >= 15 is 0 Å². The van der Waals surface area contributed by atoms with Crippen LogP contribution in [0.2, 0.25) is 0 Å². The number of tetrazole rings is 1. The molecule has 0 radical (unpaired) electrons. The van der Waals surface area contributed by atoms with Gasteiger partial charge in [-0.3, -0.25) is 0 Å². The van der Waals surface area contributed by atoms with Crippen molar-refractivity contribution in [2.75, 3.05) is 26.2 Å². The predicted molar refractivity (Wildman–Crippen MR) is 56.6 cm³/mol. The fraction of sp³-hybridized carbons (Fsp3) is 0.889. The maximum Gasteiger partial charge on any atom is 0.135 e. The Hall–Kier alpha value is -0.970. The highest BCUT2D eigenvalue weighted by Gasteiger charge is 2.16. The number of rotatable bonds is 4.